The first-order valence-electron chi connectivity index (χ1n) is 7.80. The Morgan fingerprint density at radius 3 is 2.46 bits per heavy atom. The summed E-state index contributed by atoms with van der Waals surface area (Å²) in [6, 6.07) is 17.0. The van der Waals surface area contributed by atoms with Crippen LogP contribution in [0.2, 0.25) is 5.02 Å². The lowest BCUT2D eigenvalue weighted by Gasteiger charge is -2.07. The van der Waals surface area contributed by atoms with E-state index >= 15 is 0 Å². The quantitative estimate of drug-likeness (QED) is 0.635. The van der Waals surface area contributed by atoms with Crippen LogP contribution in [0.1, 0.15) is 16.1 Å². The first-order chi connectivity index (χ1) is 12.6. The van der Waals surface area contributed by atoms with E-state index in [2.05, 4.69) is 10.6 Å². The summed E-state index contributed by atoms with van der Waals surface area (Å²) < 4.78 is 5.12. The number of carbonyl (C=O) groups is 2. The number of hydrogen-bond acceptors (Lipinski definition) is 3. The Kier molecular flexibility index (Phi) is 5.51. The molecule has 130 valence electrons. The lowest BCUT2D eigenvalue weighted by atomic mass is 10.1. The van der Waals surface area contributed by atoms with Crippen molar-refractivity contribution in [2.45, 2.75) is 0 Å². The second-order valence-electron chi connectivity index (χ2n) is 5.38. The lowest BCUT2D eigenvalue weighted by molar-refractivity contribution is -0.111. The molecule has 0 aliphatic rings. The third-order valence-corrected chi connectivity index (χ3v) is 3.69. The minimum absolute atomic E-state index is 0.283. The van der Waals surface area contributed by atoms with E-state index in [4.69, 9.17) is 16.0 Å². The van der Waals surface area contributed by atoms with Crippen LogP contribution in [0.25, 0.3) is 6.08 Å². The maximum Gasteiger partial charge on any atom is 0.255 e. The highest BCUT2D eigenvalue weighted by molar-refractivity contribution is 6.30. The maximum atomic E-state index is 12.3. The van der Waals surface area contributed by atoms with Crippen LogP contribution in [0.4, 0.5) is 11.4 Å². The SMILES string of the molecule is O=C(C=Cc1ccco1)Nc1cccc(C(=O)Nc2ccc(Cl)cc2)c1. The van der Waals surface area contributed by atoms with Crippen LogP contribution in [-0.2, 0) is 4.79 Å². The molecule has 0 saturated carbocycles. The summed E-state index contributed by atoms with van der Waals surface area (Å²) >= 11 is 5.83. The number of halogens is 1. The maximum absolute atomic E-state index is 12.3. The zero-order valence-electron chi connectivity index (χ0n) is 13.6. The van der Waals surface area contributed by atoms with E-state index in [0.29, 0.717) is 27.7 Å². The van der Waals surface area contributed by atoms with E-state index in [0.717, 1.165) is 0 Å². The first kappa shape index (κ1) is 17.5. The van der Waals surface area contributed by atoms with E-state index in [1.165, 1.54) is 12.3 Å². The molecule has 1 heterocycles. The van der Waals surface area contributed by atoms with Crippen molar-refractivity contribution >= 4 is 40.9 Å². The number of furan rings is 1. The van der Waals surface area contributed by atoms with Crippen LogP contribution in [-0.4, -0.2) is 11.8 Å². The van der Waals surface area contributed by atoms with Crippen LogP contribution >= 0.6 is 11.6 Å². The molecule has 0 unspecified atom stereocenters. The number of nitrogens with one attached hydrogen (secondary N) is 2. The molecule has 0 bridgehead atoms. The Morgan fingerprint density at radius 2 is 1.73 bits per heavy atom. The molecule has 5 nitrogen and oxygen atoms in total. The Bertz CT molecular complexity index is 932. The fraction of sp³-hybridized carbons (Fsp3) is 0. The van der Waals surface area contributed by atoms with Gasteiger partial charge in [-0.15, -0.1) is 0 Å². The van der Waals surface area contributed by atoms with Crippen LogP contribution in [0.5, 0.6) is 0 Å². The normalized spacial score (nSPS) is 10.7. The van der Waals surface area contributed by atoms with Gasteiger partial charge in [0.25, 0.3) is 5.91 Å². The van der Waals surface area contributed by atoms with Crippen molar-refractivity contribution in [2.24, 2.45) is 0 Å². The summed E-state index contributed by atoms with van der Waals surface area (Å²) in [6.45, 7) is 0. The fourth-order valence-corrected chi connectivity index (χ4v) is 2.33. The van der Waals surface area contributed by atoms with E-state index in [1.54, 1.807) is 66.7 Å². The average molecular weight is 367 g/mol. The van der Waals surface area contributed by atoms with E-state index in [9.17, 15) is 9.59 Å². The Balaban J connectivity index is 1.64. The molecule has 2 aromatic carbocycles. The van der Waals surface area contributed by atoms with E-state index in [1.807, 2.05) is 0 Å². The number of amides is 2. The van der Waals surface area contributed by atoms with E-state index < -0.39 is 0 Å². The van der Waals surface area contributed by atoms with Crippen LogP contribution in [0.3, 0.4) is 0 Å². The Labute approximate surface area is 155 Å². The van der Waals surface area contributed by atoms with Crippen LogP contribution in [0, 0.1) is 0 Å². The number of hydrogen-bond donors (Lipinski definition) is 2. The molecule has 0 fully saturated rings. The molecule has 0 spiro atoms. The second-order valence-corrected chi connectivity index (χ2v) is 5.82. The molecule has 0 aliphatic carbocycles. The summed E-state index contributed by atoms with van der Waals surface area (Å²) in [5, 5.41) is 6.07. The van der Waals surface area contributed by atoms with Gasteiger partial charge in [0, 0.05) is 28.0 Å². The van der Waals surface area contributed by atoms with Gasteiger partial charge in [-0.05, 0) is 60.7 Å². The van der Waals surface area contributed by atoms with Gasteiger partial charge in [0.1, 0.15) is 5.76 Å². The lowest BCUT2D eigenvalue weighted by Crippen LogP contribution is -2.13. The molecule has 0 radical (unpaired) electrons. The molecule has 1 aromatic heterocycles. The van der Waals surface area contributed by atoms with Gasteiger partial charge in [-0.2, -0.15) is 0 Å². The third kappa shape index (κ3) is 4.84. The fourth-order valence-electron chi connectivity index (χ4n) is 2.20. The molecular weight excluding hydrogens is 352 g/mol. The van der Waals surface area contributed by atoms with Crippen molar-refractivity contribution in [3.63, 3.8) is 0 Å². The van der Waals surface area contributed by atoms with E-state index in [-0.39, 0.29) is 11.8 Å². The molecular formula is C20H15ClN2O3. The summed E-state index contributed by atoms with van der Waals surface area (Å²) in [6.07, 6.45) is 4.45. The summed E-state index contributed by atoms with van der Waals surface area (Å²) in [4.78, 5) is 24.3. The predicted molar refractivity (Wildman–Crippen MR) is 102 cm³/mol. The first-order valence-corrected chi connectivity index (χ1v) is 8.17. The summed E-state index contributed by atoms with van der Waals surface area (Å²) in [5.41, 5.74) is 1.57. The predicted octanol–water partition coefficient (Wildman–Crippen LogP) is 4.84. The number of carbonyl (C=O) groups excluding carboxylic acids is 2. The average Bonchev–Trinajstić information content (AvgIpc) is 3.16. The van der Waals surface area contributed by atoms with Crippen molar-refractivity contribution in [3.8, 4) is 0 Å². The van der Waals surface area contributed by atoms with Crippen molar-refractivity contribution in [1.82, 2.24) is 0 Å². The third-order valence-electron chi connectivity index (χ3n) is 3.44. The molecule has 3 aromatic rings. The van der Waals surface area contributed by atoms with Crippen molar-refractivity contribution in [2.75, 3.05) is 10.6 Å². The highest BCUT2D eigenvalue weighted by atomic mass is 35.5. The Morgan fingerprint density at radius 1 is 0.923 bits per heavy atom. The van der Waals surface area contributed by atoms with Crippen molar-refractivity contribution in [3.05, 3.63) is 89.3 Å². The van der Waals surface area contributed by atoms with Gasteiger partial charge in [0.05, 0.1) is 6.26 Å². The highest BCUT2D eigenvalue weighted by Crippen LogP contribution is 2.16. The number of anilines is 2. The molecule has 2 amide bonds. The molecule has 0 atom stereocenters. The highest BCUT2D eigenvalue weighted by Gasteiger charge is 2.08. The van der Waals surface area contributed by atoms with Gasteiger partial charge in [-0.3, -0.25) is 9.59 Å². The number of benzene rings is 2. The molecule has 3 rings (SSSR count). The van der Waals surface area contributed by atoms with Gasteiger partial charge >= 0.3 is 0 Å². The molecule has 0 saturated heterocycles. The Hall–Kier alpha value is -3.31. The largest absolute Gasteiger partial charge is 0.465 e. The molecule has 2 N–H and O–H groups in total. The topological polar surface area (TPSA) is 71.3 Å². The zero-order chi connectivity index (χ0) is 18.4. The van der Waals surface area contributed by atoms with Gasteiger partial charge < -0.3 is 15.1 Å². The van der Waals surface area contributed by atoms with Gasteiger partial charge in [-0.25, -0.2) is 0 Å². The minimum Gasteiger partial charge on any atom is -0.465 e. The molecule has 6 heteroatoms. The molecule has 0 aliphatic heterocycles. The van der Waals surface area contributed by atoms with Crippen molar-refractivity contribution < 1.29 is 14.0 Å². The standard InChI is InChI=1S/C20H15ClN2O3/c21-15-6-8-16(9-7-15)23-20(25)14-3-1-4-17(13-14)22-19(24)11-10-18-5-2-12-26-18/h1-13H,(H,22,24)(H,23,25). The van der Waals surface area contributed by atoms with Crippen molar-refractivity contribution in [1.29, 1.82) is 0 Å². The molecule has 26 heavy (non-hydrogen) atoms. The van der Waals surface area contributed by atoms with Crippen LogP contribution in [0.15, 0.2) is 77.4 Å². The zero-order valence-corrected chi connectivity index (χ0v) is 14.4. The summed E-state index contributed by atoms with van der Waals surface area (Å²) in [5.74, 6) is -0.0255. The smallest absolute Gasteiger partial charge is 0.255 e. The second kappa shape index (κ2) is 8.18. The monoisotopic (exact) mass is 366 g/mol. The van der Waals surface area contributed by atoms with Gasteiger partial charge in [0.15, 0.2) is 0 Å². The minimum atomic E-state index is -0.323. The van der Waals surface area contributed by atoms with Gasteiger partial charge in [0.2, 0.25) is 5.91 Å². The van der Waals surface area contributed by atoms with Crippen LogP contribution < -0.4 is 10.6 Å². The summed E-state index contributed by atoms with van der Waals surface area (Å²) in [7, 11) is 0. The van der Waals surface area contributed by atoms with Gasteiger partial charge in [-0.1, -0.05) is 17.7 Å². The number of rotatable bonds is 5.